The summed E-state index contributed by atoms with van der Waals surface area (Å²) in [5, 5.41) is 13.8. The fourth-order valence-corrected chi connectivity index (χ4v) is 2.06. The van der Waals surface area contributed by atoms with Crippen LogP contribution in [0.1, 0.15) is 11.3 Å². The van der Waals surface area contributed by atoms with E-state index in [2.05, 4.69) is 5.32 Å². The summed E-state index contributed by atoms with van der Waals surface area (Å²) in [7, 11) is 1.74. The van der Waals surface area contributed by atoms with Crippen LogP contribution in [0.5, 0.6) is 0 Å². The predicted molar refractivity (Wildman–Crippen MR) is 77.2 cm³/mol. The maximum Gasteiger partial charge on any atom is 0.269 e. The number of nitro benzene ring substituents is 1. The third-order valence-electron chi connectivity index (χ3n) is 3.17. The van der Waals surface area contributed by atoms with E-state index >= 15 is 0 Å². The van der Waals surface area contributed by atoms with Crippen LogP contribution in [0, 0.1) is 17.0 Å². The first kappa shape index (κ1) is 13.8. The third kappa shape index (κ3) is 2.69. The molecule has 0 bridgehead atoms. The van der Waals surface area contributed by atoms with Gasteiger partial charge in [0, 0.05) is 42.2 Å². The Morgan fingerprint density at radius 1 is 1.30 bits per heavy atom. The van der Waals surface area contributed by atoms with Crippen LogP contribution in [0.3, 0.4) is 0 Å². The number of hydrogen-bond acceptors (Lipinski definition) is 4. The van der Waals surface area contributed by atoms with Crippen LogP contribution in [0.2, 0.25) is 0 Å². The molecule has 104 valence electrons. The number of hydrogen-bond donors (Lipinski definition) is 1. The minimum Gasteiger partial charge on any atom is -0.388 e. The van der Waals surface area contributed by atoms with Crippen molar-refractivity contribution in [2.45, 2.75) is 13.5 Å². The van der Waals surface area contributed by atoms with Gasteiger partial charge in [0.05, 0.1) is 11.5 Å². The summed E-state index contributed by atoms with van der Waals surface area (Å²) in [6.45, 7) is 2.13. The van der Waals surface area contributed by atoms with Gasteiger partial charge in [-0.25, -0.2) is 0 Å². The lowest BCUT2D eigenvalue weighted by molar-refractivity contribution is -0.384. The van der Waals surface area contributed by atoms with Crippen LogP contribution in [-0.4, -0.2) is 16.5 Å². The summed E-state index contributed by atoms with van der Waals surface area (Å²) in [5.74, 6) is 0. The number of anilines is 1. The Bertz CT molecular complexity index is 707. The van der Waals surface area contributed by atoms with Gasteiger partial charge >= 0.3 is 0 Å². The first-order chi connectivity index (χ1) is 9.52. The SMILES string of the molecule is CNc1ccc([N+](=O)[O-])cc1Cn1c(C)cccc1=O. The molecule has 0 aliphatic rings. The molecule has 0 fully saturated rings. The zero-order valence-electron chi connectivity index (χ0n) is 11.3. The summed E-state index contributed by atoms with van der Waals surface area (Å²) < 4.78 is 1.58. The van der Waals surface area contributed by atoms with Crippen molar-refractivity contribution in [2.24, 2.45) is 0 Å². The fourth-order valence-electron chi connectivity index (χ4n) is 2.06. The first-order valence-electron chi connectivity index (χ1n) is 6.14. The van der Waals surface area contributed by atoms with Gasteiger partial charge in [0.2, 0.25) is 0 Å². The molecule has 0 atom stereocenters. The Kier molecular flexibility index (Phi) is 3.84. The topological polar surface area (TPSA) is 77.2 Å². The Morgan fingerprint density at radius 2 is 2.05 bits per heavy atom. The molecule has 0 spiro atoms. The minimum absolute atomic E-state index is 0.0145. The molecule has 0 saturated heterocycles. The van der Waals surface area contributed by atoms with Gasteiger partial charge in [0.1, 0.15) is 0 Å². The summed E-state index contributed by atoms with van der Waals surface area (Å²) in [5.41, 5.74) is 2.18. The highest BCUT2D eigenvalue weighted by molar-refractivity contribution is 5.55. The van der Waals surface area contributed by atoms with Crippen LogP contribution < -0.4 is 10.9 Å². The van der Waals surface area contributed by atoms with E-state index in [0.29, 0.717) is 12.1 Å². The first-order valence-corrected chi connectivity index (χ1v) is 6.14. The number of non-ortho nitro benzene ring substituents is 1. The molecule has 6 nitrogen and oxygen atoms in total. The van der Waals surface area contributed by atoms with Crippen molar-refractivity contribution in [2.75, 3.05) is 12.4 Å². The van der Waals surface area contributed by atoms with Crippen molar-refractivity contribution in [1.82, 2.24) is 4.57 Å². The standard InChI is InChI=1S/C14H15N3O3/c1-10-4-3-5-14(18)16(10)9-11-8-12(17(19)20)6-7-13(11)15-2/h3-8,15H,9H2,1-2H3. The number of nitrogens with one attached hydrogen (secondary N) is 1. The second-order valence-corrected chi connectivity index (χ2v) is 4.44. The molecule has 20 heavy (non-hydrogen) atoms. The summed E-state index contributed by atoms with van der Waals surface area (Å²) in [4.78, 5) is 22.3. The van der Waals surface area contributed by atoms with E-state index in [4.69, 9.17) is 0 Å². The molecule has 2 aromatic rings. The highest BCUT2D eigenvalue weighted by atomic mass is 16.6. The second kappa shape index (κ2) is 5.56. The molecular weight excluding hydrogens is 258 g/mol. The van der Waals surface area contributed by atoms with Crippen molar-refractivity contribution >= 4 is 11.4 Å². The summed E-state index contributed by atoms with van der Waals surface area (Å²) in [6, 6.07) is 9.58. The fraction of sp³-hybridized carbons (Fsp3) is 0.214. The van der Waals surface area contributed by atoms with Crippen molar-refractivity contribution in [3.63, 3.8) is 0 Å². The zero-order valence-corrected chi connectivity index (χ0v) is 11.3. The van der Waals surface area contributed by atoms with Crippen LogP contribution in [-0.2, 0) is 6.54 Å². The average molecular weight is 273 g/mol. The lowest BCUT2D eigenvalue weighted by Gasteiger charge is -2.13. The monoisotopic (exact) mass is 273 g/mol. The maximum atomic E-state index is 11.9. The van der Waals surface area contributed by atoms with Gasteiger partial charge in [-0.2, -0.15) is 0 Å². The molecule has 0 radical (unpaired) electrons. The van der Waals surface area contributed by atoms with E-state index < -0.39 is 4.92 Å². The highest BCUT2D eigenvalue weighted by Gasteiger charge is 2.11. The normalized spacial score (nSPS) is 10.3. The number of pyridine rings is 1. The number of aryl methyl sites for hydroxylation is 1. The molecule has 2 rings (SSSR count). The highest BCUT2D eigenvalue weighted by Crippen LogP contribution is 2.22. The molecule has 0 saturated carbocycles. The van der Waals surface area contributed by atoms with E-state index in [-0.39, 0.29) is 11.2 Å². The molecule has 1 N–H and O–H groups in total. The summed E-state index contributed by atoms with van der Waals surface area (Å²) >= 11 is 0. The lowest BCUT2D eigenvalue weighted by Crippen LogP contribution is -2.22. The van der Waals surface area contributed by atoms with Crippen molar-refractivity contribution in [3.8, 4) is 0 Å². The van der Waals surface area contributed by atoms with Crippen LogP contribution in [0.25, 0.3) is 0 Å². The third-order valence-corrected chi connectivity index (χ3v) is 3.17. The van der Waals surface area contributed by atoms with Crippen molar-refractivity contribution in [1.29, 1.82) is 0 Å². The van der Waals surface area contributed by atoms with Crippen molar-refractivity contribution < 1.29 is 4.92 Å². The van der Waals surface area contributed by atoms with E-state index in [0.717, 1.165) is 11.4 Å². The predicted octanol–water partition coefficient (Wildman–Crippen LogP) is 2.15. The zero-order chi connectivity index (χ0) is 14.7. The smallest absolute Gasteiger partial charge is 0.269 e. The molecule has 6 heteroatoms. The molecular formula is C14H15N3O3. The Labute approximate surface area is 115 Å². The van der Waals surface area contributed by atoms with Crippen LogP contribution >= 0.6 is 0 Å². The number of nitro groups is 1. The maximum absolute atomic E-state index is 11.9. The van der Waals surface area contributed by atoms with Gasteiger partial charge in [-0.3, -0.25) is 14.9 Å². The van der Waals surface area contributed by atoms with E-state index in [1.807, 2.05) is 13.0 Å². The minimum atomic E-state index is -0.441. The summed E-state index contributed by atoms with van der Waals surface area (Å²) in [6.07, 6.45) is 0. The molecule has 0 amide bonds. The molecule has 1 aromatic carbocycles. The van der Waals surface area contributed by atoms with Crippen molar-refractivity contribution in [3.05, 3.63) is 68.1 Å². The largest absolute Gasteiger partial charge is 0.388 e. The van der Waals surface area contributed by atoms with Gasteiger partial charge in [-0.05, 0) is 19.1 Å². The van der Waals surface area contributed by atoms with Gasteiger partial charge in [-0.1, -0.05) is 6.07 Å². The number of nitrogens with zero attached hydrogens (tertiary/aromatic N) is 2. The lowest BCUT2D eigenvalue weighted by atomic mass is 10.1. The number of aromatic nitrogens is 1. The van der Waals surface area contributed by atoms with E-state index in [9.17, 15) is 14.9 Å². The van der Waals surface area contributed by atoms with Gasteiger partial charge < -0.3 is 9.88 Å². The van der Waals surface area contributed by atoms with Gasteiger partial charge in [0.15, 0.2) is 0 Å². The number of benzene rings is 1. The van der Waals surface area contributed by atoms with Gasteiger partial charge in [-0.15, -0.1) is 0 Å². The molecule has 0 aliphatic carbocycles. The average Bonchev–Trinajstić information content (AvgIpc) is 2.42. The van der Waals surface area contributed by atoms with E-state index in [1.54, 1.807) is 23.7 Å². The Morgan fingerprint density at radius 3 is 2.65 bits per heavy atom. The Balaban J connectivity index is 2.49. The molecule has 0 unspecified atom stereocenters. The van der Waals surface area contributed by atoms with Gasteiger partial charge in [0.25, 0.3) is 11.2 Å². The molecule has 1 heterocycles. The molecule has 0 aliphatic heterocycles. The van der Waals surface area contributed by atoms with Crippen LogP contribution in [0.4, 0.5) is 11.4 Å². The Hall–Kier alpha value is -2.63. The van der Waals surface area contributed by atoms with E-state index in [1.165, 1.54) is 18.2 Å². The van der Waals surface area contributed by atoms with Crippen LogP contribution in [0.15, 0.2) is 41.2 Å². The quantitative estimate of drug-likeness (QED) is 0.684. The second-order valence-electron chi connectivity index (χ2n) is 4.44. The molecule has 1 aromatic heterocycles. The number of rotatable bonds is 4.